The number of methoxy groups -OCH3 is 2. The van der Waals surface area contributed by atoms with Crippen LogP contribution in [0.4, 0.5) is 0 Å². The zero-order valence-electron chi connectivity index (χ0n) is 18.9. The molecule has 0 radical (unpaired) electrons. The Bertz CT molecular complexity index is 1080. The van der Waals surface area contributed by atoms with Crippen LogP contribution >= 0.6 is 11.6 Å². The fourth-order valence-corrected chi connectivity index (χ4v) is 3.56. The lowest BCUT2D eigenvalue weighted by Crippen LogP contribution is -2.31. The second-order valence-electron chi connectivity index (χ2n) is 7.74. The Morgan fingerprint density at radius 1 is 1.16 bits per heavy atom. The number of aryl methyl sites for hydroxylation is 1. The molecule has 0 fully saturated rings. The summed E-state index contributed by atoms with van der Waals surface area (Å²) in [5.41, 5.74) is 1.13. The van der Waals surface area contributed by atoms with Gasteiger partial charge in [-0.3, -0.25) is 4.79 Å². The summed E-state index contributed by atoms with van der Waals surface area (Å²) in [6.07, 6.45) is 3.51. The number of amides is 1. The third kappa shape index (κ3) is 5.16. The van der Waals surface area contributed by atoms with Crippen LogP contribution in [0.5, 0.6) is 17.2 Å². The van der Waals surface area contributed by atoms with E-state index in [2.05, 4.69) is 10.3 Å². The maximum atomic E-state index is 13.3. The quantitative estimate of drug-likeness (QED) is 0.506. The molecule has 8 heteroatoms. The van der Waals surface area contributed by atoms with Crippen LogP contribution in [-0.2, 0) is 7.05 Å². The summed E-state index contributed by atoms with van der Waals surface area (Å²) in [6.45, 7) is 4.56. The van der Waals surface area contributed by atoms with Gasteiger partial charge in [-0.25, -0.2) is 4.98 Å². The first-order chi connectivity index (χ1) is 15.3. The van der Waals surface area contributed by atoms with Crippen LogP contribution < -0.4 is 19.5 Å². The largest absolute Gasteiger partial charge is 0.496 e. The maximum absolute atomic E-state index is 13.3. The van der Waals surface area contributed by atoms with E-state index in [0.717, 1.165) is 5.56 Å². The van der Waals surface area contributed by atoms with E-state index in [1.54, 1.807) is 25.4 Å². The van der Waals surface area contributed by atoms with Gasteiger partial charge in [0.15, 0.2) is 11.5 Å². The molecule has 1 N–H and O–H groups in total. The van der Waals surface area contributed by atoms with Crippen molar-refractivity contribution in [2.45, 2.75) is 19.9 Å². The van der Waals surface area contributed by atoms with Crippen LogP contribution in [0.3, 0.4) is 0 Å². The molecule has 0 aliphatic rings. The zero-order valence-corrected chi connectivity index (χ0v) is 19.6. The number of benzene rings is 2. The summed E-state index contributed by atoms with van der Waals surface area (Å²) in [5, 5.41) is 3.36. The molecule has 7 nitrogen and oxygen atoms in total. The second kappa shape index (κ2) is 10.4. The van der Waals surface area contributed by atoms with Gasteiger partial charge in [-0.05, 0) is 24.1 Å². The molecule has 3 rings (SSSR count). The summed E-state index contributed by atoms with van der Waals surface area (Å²) in [5.74, 6) is 2.11. The minimum absolute atomic E-state index is 0.306. The molecule has 1 amide bonds. The van der Waals surface area contributed by atoms with Crippen molar-refractivity contribution in [3.05, 3.63) is 70.8 Å². The average molecular weight is 458 g/mol. The maximum Gasteiger partial charge on any atom is 0.252 e. The van der Waals surface area contributed by atoms with E-state index < -0.39 is 6.04 Å². The van der Waals surface area contributed by atoms with E-state index in [1.165, 1.54) is 7.11 Å². The number of carbonyl (C=O) groups excluding carboxylic acids is 1. The molecule has 1 heterocycles. The van der Waals surface area contributed by atoms with Crippen molar-refractivity contribution < 1.29 is 19.0 Å². The topological polar surface area (TPSA) is 74.6 Å². The van der Waals surface area contributed by atoms with Gasteiger partial charge in [-0.15, -0.1) is 0 Å². The third-order valence-electron chi connectivity index (χ3n) is 4.89. The Balaban J connectivity index is 1.96. The van der Waals surface area contributed by atoms with E-state index in [9.17, 15) is 4.79 Å². The molecule has 3 aromatic rings. The summed E-state index contributed by atoms with van der Waals surface area (Å²) in [6, 6.07) is 10.2. The smallest absolute Gasteiger partial charge is 0.252 e. The molecule has 0 aliphatic carbocycles. The van der Waals surface area contributed by atoms with Crippen LogP contribution in [-0.4, -0.2) is 36.3 Å². The van der Waals surface area contributed by atoms with Crippen molar-refractivity contribution in [1.29, 1.82) is 0 Å². The SMILES string of the molecule is COc1ccccc1C(NC(=O)c1cc(Cl)c(OCC(C)C)c(OC)c1)c1nccn1C. The Morgan fingerprint density at radius 2 is 1.88 bits per heavy atom. The highest BCUT2D eigenvalue weighted by Crippen LogP contribution is 2.37. The number of nitrogens with zero attached hydrogens (tertiary/aromatic N) is 2. The normalized spacial score (nSPS) is 11.8. The van der Waals surface area contributed by atoms with Gasteiger partial charge in [0.1, 0.15) is 17.6 Å². The molecule has 1 atom stereocenters. The number of imidazole rings is 1. The highest BCUT2D eigenvalue weighted by Gasteiger charge is 2.25. The number of rotatable bonds is 9. The fourth-order valence-electron chi connectivity index (χ4n) is 3.30. The molecular formula is C24H28ClN3O4. The van der Waals surface area contributed by atoms with Crippen molar-refractivity contribution in [2.75, 3.05) is 20.8 Å². The molecular weight excluding hydrogens is 430 g/mol. The lowest BCUT2D eigenvalue weighted by Gasteiger charge is -2.22. The summed E-state index contributed by atoms with van der Waals surface area (Å²) < 4.78 is 18.6. The number of hydrogen-bond acceptors (Lipinski definition) is 5. The molecule has 32 heavy (non-hydrogen) atoms. The van der Waals surface area contributed by atoms with Crippen molar-refractivity contribution in [3.63, 3.8) is 0 Å². The van der Waals surface area contributed by atoms with Gasteiger partial charge in [-0.1, -0.05) is 43.6 Å². The summed E-state index contributed by atoms with van der Waals surface area (Å²) in [4.78, 5) is 17.7. The molecule has 0 saturated heterocycles. The average Bonchev–Trinajstić information content (AvgIpc) is 3.21. The summed E-state index contributed by atoms with van der Waals surface area (Å²) in [7, 11) is 4.98. The number of para-hydroxylation sites is 1. The van der Waals surface area contributed by atoms with E-state index in [0.29, 0.717) is 46.2 Å². The van der Waals surface area contributed by atoms with E-state index in [1.807, 2.05) is 55.9 Å². The number of nitrogens with one attached hydrogen (secondary N) is 1. The van der Waals surface area contributed by atoms with Crippen LogP contribution in [0, 0.1) is 5.92 Å². The lowest BCUT2D eigenvalue weighted by atomic mass is 10.0. The van der Waals surface area contributed by atoms with Gasteiger partial charge in [0.2, 0.25) is 0 Å². The van der Waals surface area contributed by atoms with Gasteiger partial charge < -0.3 is 24.1 Å². The van der Waals surface area contributed by atoms with Crippen molar-refractivity contribution in [2.24, 2.45) is 13.0 Å². The standard InChI is InChI=1S/C24H28ClN3O4/c1-15(2)14-32-22-18(25)12-16(13-20(22)31-5)24(29)27-21(23-26-10-11-28(23)3)17-8-6-7-9-19(17)30-4/h6-13,15,21H,14H2,1-5H3,(H,27,29). The first-order valence-electron chi connectivity index (χ1n) is 10.3. The van der Waals surface area contributed by atoms with Crippen LogP contribution in [0.15, 0.2) is 48.8 Å². The Morgan fingerprint density at radius 3 is 2.50 bits per heavy atom. The second-order valence-corrected chi connectivity index (χ2v) is 8.15. The predicted octanol–water partition coefficient (Wildman–Crippen LogP) is 4.64. The van der Waals surface area contributed by atoms with Gasteiger partial charge >= 0.3 is 0 Å². The number of ether oxygens (including phenoxy) is 3. The number of carbonyl (C=O) groups is 1. The summed E-state index contributed by atoms with van der Waals surface area (Å²) >= 11 is 6.45. The highest BCUT2D eigenvalue weighted by atomic mass is 35.5. The zero-order chi connectivity index (χ0) is 23.3. The Kier molecular flexibility index (Phi) is 7.64. The lowest BCUT2D eigenvalue weighted by molar-refractivity contribution is 0.0940. The third-order valence-corrected chi connectivity index (χ3v) is 5.18. The molecule has 0 aliphatic heterocycles. The van der Waals surface area contributed by atoms with Gasteiger partial charge in [0.25, 0.3) is 5.91 Å². The van der Waals surface area contributed by atoms with Gasteiger partial charge in [-0.2, -0.15) is 0 Å². The Labute approximate surface area is 193 Å². The molecule has 0 bridgehead atoms. The van der Waals surface area contributed by atoms with Crippen LogP contribution in [0.25, 0.3) is 0 Å². The number of aromatic nitrogens is 2. The molecule has 0 spiro atoms. The van der Waals surface area contributed by atoms with Crippen LogP contribution in [0.1, 0.15) is 41.6 Å². The number of halogens is 1. The monoisotopic (exact) mass is 457 g/mol. The number of hydrogen-bond donors (Lipinski definition) is 1. The molecule has 1 unspecified atom stereocenters. The van der Waals surface area contributed by atoms with Crippen LogP contribution in [0.2, 0.25) is 5.02 Å². The van der Waals surface area contributed by atoms with Crippen molar-refractivity contribution >= 4 is 17.5 Å². The van der Waals surface area contributed by atoms with E-state index in [4.69, 9.17) is 25.8 Å². The first kappa shape index (κ1) is 23.5. The molecule has 170 valence electrons. The van der Waals surface area contributed by atoms with Gasteiger partial charge in [0.05, 0.1) is 25.8 Å². The predicted molar refractivity (Wildman–Crippen MR) is 124 cm³/mol. The minimum atomic E-state index is -0.541. The van der Waals surface area contributed by atoms with Crippen molar-refractivity contribution in [3.8, 4) is 17.2 Å². The highest BCUT2D eigenvalue weighted by molar-refractivity contribution is 6.32. The van der Waals surface area contributed by atoms with E-state index in [-0.39, 0.29) is 5.91 Å². The fraction of sp³-hybridized carbons (Fsp3) is 0.333. The minimum Gasteiger partial charge on any atom is -0.496 e. The van der Waals surface area contributed by atoms with Gasteiger partial charge in [0, 0.05) is 30.6 Å². The molecule has 1 aromatic heterocycles. The molecule has 0 saturated carbocycles. The van der Waals surface area contributed by atoms with Crippen molar-refractivity contribution in [1.82, 2.24) is 14.9 Å². The first-order valence-corrected chi connectivity index (χ1v) is 10.6. The van der Waals surface area contributed by atoms with E-state index >= 15 is 0 Å². The molecule has 2 aromatic carbocycles. The Hall–Kier alpha value is -3.19.